The second kappa shape index (κ2) is 6.11. The zero-order chi connectivity index (χ0) is 14.7. The Morgan fingerprint density at radius 2 is 1.67 bits per heavy atom. The fourth-order valence-corrected chi connectivity index (χ4v) is 2.02. The van der Waals surface area contributed by atoms with Crippen molar-refractivity contribution in [2.75, 3.05) is 5.32 Å². The fourth-order valence-electron chi connectivity index (χ4n) is 1.80. The molecule has 0 spiro atoms. The lowest BCUT2D eigenvalue weighted by atomic mass is 10.2. The van der Waals surface area contributed by atoms with Crippen LogP contribution in [0.2, 0.25) is 10.0 Å². The lowest BCUT2D eigenvalue weighted by molar-refractivity contribution is 0.687. The van der Waals surface area contributed by atoms with E-state index in [1.54, 1.807) is 6.20 Å². The average molecular weight is 320 g/mol. The van der Waals surface area contributed by atoms with Gasteiger partial charge in [0.25, 0.3) is 0 Å². The minimum Gasteiger partial charge on any atom is -0.321 e. The van der Waals surface area contributed by atoms with E-state index in [4.69, 9.17) is 23.2 Å². The monoisotopic (exact) mass is 319 g/mol. The van der Waals surface area contributed by atoms with E-state index in [-0.39, 0.29) is 0 Å². The zero-order valence-electron chi connectivity index (χ0n) is 10.9. The van der Waals surface area contributed by atoms with Gasteiger partial charge in [0, 0.05) is 11.2 Å². The fraction of sp³-hybridized carbons (Fsp3) is 0.0714. The highest BCUT2D eigenvalue weighted by Crippen LogP contribution is 2.14. The van der Waals surface area contributed by atoms with Gasteiger partial charge in [-0.25, -0.2) is 9.97 Å². The summed E-state index contributed by atoms with van der Waals surface area (Å²) in [6.07, 6.45) is 6.67. The van der Waals surface area contributed by atoms with Gasteiger partial charge in [0.2, 0.25) is 5.95 Å². The Hall–Kier alpha value is -2.11. The van der Waals surface area contributed by atoms with Crippen LogP contribution in [0.25, 0.3) is 0 Å². The van der Waals surface area contributed by atoms with Crippen LogP contribution in [0.1, 0.15) is 5.56 Å². The molecule has 1 aromatic carbocycles. The maximum absolute atomic E-state index is 5.86. The number of hydrogen-bond acceptors (Lipinski definition) is 4. The third kappa shape index (κ3) is 3.71. The lowest BCUT2D eigenvalue weighted by Gasteiger charge is -2.02. The first kappa shape index (κ1) is 13.9. The number of rotatable bonds is 4. The van der Waals surface area contributed by atoms with Crippen LogP contribution < -0.4 is 5.32 Å². The van der Waals surface area contributed by atoms with E-state index in [1.165, 1.54) is 12.4 Å². The van der Waals surface area contributed by atoms with Crippen molar-refractivity contribution < 1.29 is 0 Å². The molecule has 0 fully saturated rings. The molecule has 0 unspecified atom stereocenters. The average Bonchev–Trinajstić information content (AvgIpc) is 2.91. The van der Waals surface area contributed by atoms with Gasteiger partial charge in [0.15, 0.2) is 0 Å². The molecule has 0 saturated carbocycles. The molecule has 106 valence electrons. The van der Waals surface area contributed by atoms with Gasteiger partial charge in [0.05, 0.1) is 35.8 Å². The van der Waals surface area contributed by atoms with Crippen LogP contribution in [0, 0.1) is 0 Å². The van der Waals surface area contributed by atoms with Gasteiger partial charge in [-0.2, -0.15) is 5.10 Å². The Bertz CT molecular complexity index is 660. The Morgan fingerprint density at radius 1 is 0.952 bits per heavy atom. The SMILES string of the molecule is Clc1ccc(Cn2cc(Nc3ncc(Cl)cn3)cn2)cc1. The maximum Gasteiger partial charge on any atom is 0.227 e. The summed E-state index contributed by atoms with van der Waals surface area (Å²) < 4.78 is 1.82. The summed E-state index contributed by atoms with van der Waals surface area (Å²) in [6, 6.07) is 7.67. The molecule has 7 heteroatoms. The number of benzene rings is 1. The van der Waals surface area contributed by atoms with E-state index < -0.39 is 0 Å². The van der Waals surface area contributed by atoms with Crippen molar-refractivity contribution >= 4 is 34.8 Å². The summed E-state index contributed by atoms with van der Waals surface area (Å²) in [5, 5.41) is 8.57. The Morgan fingerprint density at radius 3 is 2.38 bits per heavy atom. The highest BCUT2D eigenvalue weighted by Gasteiger charge is 2.02. The molecular weight excluding hydrogens is 309 g/mol. The number of hydrogen-bond donors (Lipinski definition) is 1. The van der Waals surface area contributed by atoms with Crippen molar-refractivity contribution in [3.8, 4) is 0 Å². The van der Waals surface area contributed by atoms with Crippen molar-refractivity contribution in [3.05, 3.63) is 64.7 Å². The molecule has 0 aliphatic rings. The number of nitrogens with one attached hydrogen (secondary N) is 1. The molecule has 0 bridgehead atoms. The quantitative estimate of drug-likeness (QED) is 0.795. The smallest absolute Gasteiger partial charge is 0.227 e. The summed E-state index contributed by atoms with van der Waals surface area (Å²) in [5.41, 5.74) is 1.93. The van der Waals surface area contributed by atoms with Gasteiger partial charge in [0.1, 0.15) is 0 Å². The molecule has 3 aromatic rings. The second-order valence-electron chi connectivity index (χ2n) is 4.40. The molecule has 2 heterocycles. The third-order valence-electron chi connectivity index (χ3n) is 2.77. The summed E-state index contributed by atoms with van der Waals surface area (Å²) in [5.74, 6) is 0.477. The topological polar surface area (TPSA) is 55.6 Å². The van der Waals surface area contributed by atoms with Gasteiger partial charge in [-0.05, 0) is 17.7 Å². The highest BCUT2D eigenvalue weighted by atomic mass is 35.5. The molecule has 5 nitrogen and oxygen atoms in total. The minimum atomic E-state index is 0.477. The molecular formula is C14H11Cl2N5. The molecule has 0 aliphatic carbocycles. The van der Waals surface area contributed by atoms with Crippen molar-refractivity contribution in [1.82, 2.24) is 19.7 Å². The van der Waals surface area contributed by atoms with E-state index in [2.05, 4.69) is 20.4 Å². The van der Waals surface area contributed by atoms with Crippen LogP contribution in [-0.2, 0) is 6.54 Å². The van der Waals surface area contributed by atoms with Gasteiger partial charge in [-0.15, -0.1) is 0 Å². The standard InChI is InChI=1S/C14H11Cl2N5/c15-11-3-1-10(2-4-11)8-21-9-13(7-19-21)20-14-17-5-12(16)6-18-14/h1-7,9H,8H2,(H,17,18,20). The van der Waals surface area contributed by atoms with Gasteiger partial charge >= 0.3 is 0 Å². The molecule has 0 radical (unpaired) electrons. The molecule has 21 heavy (non-hydrogen) atoms. The first-order chi connectivity index (χ1) is 10.2. The molecule has 1 N–H and O–H groups in total. The normalized spacial score (nSPS) is 10.6. The summed E-state index contributed by atoms with van der Waals surface area (Å²) in [7, 11) is 0. The minimum absolute atomic E-state index is 0.477. The summed E-state index contributed by atoms with van der Waals surface area (Å²) in [6.45, 7) is 0.667. The number of nitrogens with zero attached hydrogens (tertiary/aromatic N) is 4. The Labute approximate surface area is 131 Å². The molecule has 2 aromatic heterocycles. The van der Waals surface area contributed by atoms with E-state index in [9.17, 15) is 0 Å². The van der Waals surface area contributed by atoms with Crippen molar-refractivity contribution in [2.24, 2.45) is 0 Å². The molecule has 0 amide bonds. The first-order valence-electron chi connectivity index (χ1n) is 6.20. The van der Waals surface area contributed by atoms with Crippen molar-refractivity contribution in [1.29, 1.82) is 0 Å². The number of anilines is 2. The van der Waals surface area contributed by atoms with Crippen LogP contribution in [0.15, 0.2) is 49.1 Å². The molecule has 0 atom stereocenters. The van der Waals surface area contributed by atoms with Crippen LogP contribution in [-0.4, -0.2) is 19.7 Å². The van der Waals surface area contributed by atoms with E-state index in [0.29, 0.717) is 17.5 Å². The van der Waals surface area contributed by atoms with Crippen molar-refractivity contribution in [2.45, 2.75) is 6.54 Å². The largest absolute Gasteiger partial charge is 0.321 e. The van der Waals surface area contributed by atoms with E-state index in [0.717, 1.165) is 16.3 Å². The molecule has 3 rings (SSSR count). The van der Waals surface area contributed by atoms with Crippen LogP contribution in [0.5, 0.6) is 0 Å². The van der Waals surface area contributed by atoms with Crippen LogP contribution >= 0.6 is 23.2 Å². The highest BCUT2D eigenvalue weighted by molar-refractivity contribution is 6.30. The zero-order valence-corrected chi connectivity index (χ0v) is 12.4. The van der Waals surface area contributed by atoms with E-state index >= 15 is 0 Å². The van der Waals surface area contributed by atoms with Gasteiger partial charge in [-0.3, -0.25) is 4.68 Å². The molecule has 0 saturated heterocycles. The molecule has 0 aliphatic heterocycles. The van der Waals surface area contributed by atoms with Crippen LogP contribution in [0.4, 0.5) is 11.6 Å². The second-order valence-corrected chi connectivity index (χ2v) is 5.28. The van der Waals surface area contributed by atoms with E-state index in [1.807, 2.05) is 35.1 Å². The lowest BCUT2D eigenvalue weighted by Crippen LogP contribution is -1.99. The summed E-state index contributed by atoms with van der Waals surface area (Å²) in [4.78, 5) is 8.14. The maximum atomic E-state index is 5.86. The predicted molar refractivity (Wildman–Crippen MR) is 83.1 cm³/mol. The summed E-state index contributed by atoms with van der Waals surface area (Å²) >= 11 is 11.6. The van der Waals surface area contributed by atoms with Crippen molar-refractivity contribution in [3.63, 3.8) is 0 Å². The van der Waals surface area contributed by atoms with Gasteiger partial charge in [-0.1, -0.05) is 35.3 Å². The van der Waals surface area contributed by atoms with Gasteiger partial charge < -0.3 is 5.32 Å². The third-order valence-corrected chi connectivity index (χ3v) is 3.21. The number of halogens is 2. The number of aromatic nitrogens is 4. The Balaban J connectivity index is 1.68. The van der Waals surface area contributed by atoms with Crippen LogP contribution in [0.3, 0.4) is 0 Å². The first-order valence-corrected chi connectivity index (χ1v) is 6.96. The predicted octanol–water partition coefficient (Wildman–Crippen LogP) is 3.77. The Kier molecular flexibility index (Phi) is 4.03.